The Morgan fingerprint density at radius 1 is 1.26 bits per heavy atom. The molecular formula is C18H24N2O2S. The molecule has 0 spiro atoms. The first-order chi connectivity index (χ1) is 10.9. The van der Waals surface area contributed by atoms with Gasteiger partial charge in [0.15, 0.2) is 0 Å². The number of carbonyl (C=O) groups excluding carboxylic acids is 1. The quantitative estimate of drug-likeness (QED) is 0.759. The van der Waals surface area contributed by atoms with E-state index >= 15 is 0 Å². The number of amides is 2. The molecule has 0 radical (unpaired) electrons. The standard InChI is InChI=1S/C18H24N2O2S/c1-13(15-7-5-4-6-8-15)14(2)20-17(21)19-12-18(3,22)16-9-10-23-11-16/h4-11,13-14,22H,12H2,1-3H3,(H2,19,20,21). The first-order valence-electron chi connectivity index (χ1n) is 7.74. The van der Waals surface area contributed by atoms with Crippen LogP contribution in [-0.4, -0.2) is 23.7 Å². The Kier molecular flexibility index (Phi) is 5.80. The van der Waals surface area contributed by atoms with E-state index in [9.17, 15) is 9.90 Å². The molecule has 0 aliphatic rings. The van der Waals surface area contributed by atoms with E-state index < -0.39 is 5.60 Å². The number of aliphatic hydroxyl groups is 1. The summed E-state index contributed by atoms with van der Waals surface area (Å²) in [5.74, 6) is 0.208. The summed E-state index contributed by atoms with van der Waals surface area (Å²) in [5, 5.41) is 19.9. The van der Waals surface area contributed by atoms with Crippen LogP contribution in [0.1, 0.15) is 37.8 Å². The predicted molar refractivity (Wildman–Crippen MR) is 94.7 cm³/mol. The third kappa shape index (κ3) is 4.81. The monoisotopic (exact) mass is 332 g/mol. The highest BCUT2D eigenvalue weighted by Gasteiger charge is 2.25. The third-order valence-corrected chi connectivity index (χ3v) is 4.85. The van der Waals surface area contributed by atoms with Gasteiger partial charge >= 0.3 is 6.03 Å². The van der Waals surface area contributed by atoms with Crippen LogP contribution < -0.4 is 10.6 Å². The van der Waals surface area contributed by atoms with E-state index in [2.05, 4.69) is 29.7 Å². The predicted octanol–water partition coefficient (Wildman–Crippen LogP) is 3.45. The smallest absolute Gasteiger partial charge is 0.315 e. The van der Waals surface area contributed by atoms with Crippen LogP contribution in [0.4, 0.5) is 4.79 Å². The maximum atomic E-state index is 12.1. The maximum Gasteiger partial charge on any atom is 0.315 e. The molecule has 0 saturated heterocycles. The number of nitrogens with one attached hydrogen (secondary N) is 2. The molecule has 0 bridgehead atoms. The Morgan fingerprint density at radius 2 is 1.96 bits per heavy atom. The largest absolute Gasteiger partial charge is 0.384 e. The Bertz CT molecular complexity index is 611. The third-order valence-electron chi connectivity index (χ3n) is 4.17. The lowest BCUT2D eigenvalue weighted by atomic mass is 9.94. The highest BCUT2D eigenvalue weighted by atomic mass is 32.1. The average Bonchev–Trinajstić information content (AvgIpc) is 3.08. The van der Waals surface area contributed by atoms with E-state index in [-0.39, 0.29) is 24.5 Å². The lowest BCUT2D eigenvalue weighted by molar-refractivity contribution is 0.0597. The van der Waals surface area contributed by atoms with Crippen molar-refractivity contribution in [2.24, 2.45) is 0 Å². The summed E-state index contributed by atoms with van der Waals surface area (Å²) in [5.41, 5.74) is 0.935. The van der Waals surface area contributed by atoms with Crippen molar-refractivity contribution in [3.05, 3.63) is 58.3 Å². The molecule has 124 valence electrons. The van der Waals surface area contributed by atoms with E-state index in [4.69, 9.17) is 0 Å². The number of benzene rings is 1. The van der Waals surface area contributed by atoms with E-state index in [1.165, 1.54) is 16.9 Å². The molecule has 3 N–H and O–H groups in total. The summed E-state index contributed by atoms with van der Waals surface area (Å²) in [6, 6.07) is 11.7. The molecule has 23 heavy (non-hydrogen) atoms. The zero-order valence-electron chi connectivity index (χ0n) is 13.7. The van der Waals surface area contributed by atoms with E-state index in [0.29, 0.717) is 0 Å². The van der Waals surface area contributed by atoms with Crippen molar-refractivity contribution >= 4 is 17.4 Å². The number of urea groups is 1. The highest BCUT2D eigenvalue weighted by Crippen LogP contribution is 2.22. The molecule has 1 aromatic carbocycles. The minimum absolute atomic E-state index is 0.0107. The summed E-state index contributed by atoms with van der Waals surface area (Å²) < 4.78 is 0. The van der Waals surface area contributed by atoms with E-state index in [1.54, 1.807) is 6.92 Å². The zero-order chi connectivity index (χ0) is 16.9. The van der Waals surface area contributed by atoms with Gasteiger partial charge in [0, 0.05) is 12.0 Å². The van der Waals surface area contributed by atoms with Crippen LogP contribution in [0.25, 0.3) is 0 Å². The molecule has 0 saturated carbocycles. The van der Waals surface area contributed by atoms with Gasteiger partial charge in [-0.3, -0.25) is 0 Å². The lowest BCUT2D eigenvalue weighted by Gasteiger charge is -2.25. The molecule has 1 heterocycles. The molecule has 2 rings (SSSR count). The first kappa shape index (κ1) is 17.5. The Balaban J connectivity index is 1.85. The van der Waals surface area contributed by atoms with Gasteiger partial charge in [0.2, 0.25) is 0 Å². The van der Waals surface area contributed by atoms with Crippen molar-refractivity contribution in [3.63, 3.8) is 0 Å². The fourth-order valence-electron chi connectivity index (χ4n) is 2.35. The second-order valence-corrected chi connectivity index (χ2v) is 6.88. The fraction of sp³-hybridized carbons (Fsp3) is 0.389. The summed E-state index contributed by atoms with van der Waals surface area (Å²) in [4.78, 5) is 12.1. The van der Waals surface area contributed by atoms with Gasteiger partial charge in [-0.15, -0.1) is 0 Å². The van der Waals surface area contributed by atoms with Crippen LogP contribution in [0, 0.1) is 0 Å². The van der Waals surface area contributed by atoms with Gasteiger partial charge in [0.1, 0.15) is 5.60 Å². The topological polar surface area (TPSA) is 61.4 Å². The molecule has 2 aromatic rings. The molecule has 3 unspecified atom stereocenters. The van der Waals surface area contributed by atoms with Crippen molar-refractivity contribution in [2.75, 3.05) is 6.54 Å². The van der Waals surface area contributed by atoms with Crippen molar-refractivity contribution < 1.29 is 9.90 Å². The Morgan fingerprint density at radius 3 is 2.57 bits per heavy atom. The summed E-state index contributed by atoms with van der Waals surface area (Å²) in [6.07, 6.45) is 0. The molecule has 3 atom stereocenters. The molecular weight excluding hydrogens is 308 g/mol. The van der Waals surface area contributed by atoms with Gasteiger partial charge in [0.25, 0.3) is 0 Å². The number of hydrogen-bond donors (Lipinski definition) is 3. The highest BCUT2D eigenvalue weighted by molar-refractivity contribution is 7.08. The minimum atomic E-state index is -1.06. The zero-order valence-corrected chi connectivity index (χ0v) is 14.6. The molecule has 1 aromatic heterocycles. The number of hydrogen-bond acceptors (Lipinski definition) is 3. The van der Waals surface area contributed by atoms with Crippen LogP contribution in [-0.2, 0) is 5.60 Å². The molecule has 2 amide bonds. The molecule has 4 nitrogen and oxygen atoms in total. The normalized spacial score (nSPS) is 16.2. The van der Waals surface area contributed by atoms with Gasteiger partial charge in [-0.05, 0) is 41.8 Å². The fourth-order valence-corrected chi connectivity index (χ4v) is 3.14. The van der Waals surface area contributed by atoms with Gasteiger partial charge in [-0.25, -0.2) is 4.79 Å². The summed E-state index contributed by atoms with van der Waals surface area (Å²) in [7, 11) is 0. The van der Waals surface area contributed by atoms with Crippen molar-refractivity contribution in [3.8, 4) is 0 Å². The molecule has 0 fully saturated rings. The van der Waals surface area contributed by atoms with Crippen LogP contribution in [0.2, 0.25) is 0 Å². The maximum absolute atomic E-state index is 12.1. The van der Waals surface area contributed by atoms with E-state index in [1.807, 2.05) is 41.9 Å². The summed E-state index contributed by atoms with van der Waals surface area (Å²) >= 11 is 1.52. The van der Waals surface area contributed by atoms with Crippen molar-refractivity contribution in [1.29, 1.82) is 0 Å². The van der Waals surface area contributed by atoms with Crippen LogP contribution in [0.5, 0.6) is 0 Å². The van der Waals surface area contributed by atoms with Crippen molar-refractivity contribution in [1.82, 2.24) is 10.6 Å². The lowest BCUT2D eigenvalue weighted by Crippen LogP contribution is -2.47. The van der Waals surface area contributed by atoms with Gasteiger partial charge in [-0.2, -0.15) is 11.3 Å². The second kappa shape index (κ2) is 7.62. The number of thiophene rings is 1. The van der Waals surface area contributed by atoms with Crippen LogP contribution in [0.3, 0.4) is 0 Å². The van der Waals surface area contributed by atoms with Crippen molar-refractivity contribution in [2.45, 2.75) is 38.3 Å². The van der Waals surface area contributed by atoms with E-state index in [0.717, 1.165) is 5.56 Å². The Labute approximate surface area is 141 Å². The average molecular weight is 332 g/mol. The van der Waals surface area contributed by atoms with Crippen LogP contribution >= 0.6 is 11.3 Å². The van der Waals surface area contributed by atoms with Crippen LogP contribution in [0.15, 0.2) is 47.2 Å². The first-order valence-corrected chi connectivity index (χ1v) is 8.69. The Hall–Kier alpha value is -1.85. The van der Waals surface area contributed by atoms with Gasteiger partial charge in [-0.1, -0.05) is 37.3 Å². The second-order valence-electron chi connectivity index (χ2n) is 6.10. The number of rotatable bonds is 6. The number of carbonyl (C=O) groups is 1. The molecule has 0 aliphatic carbocycles. The molecule has 5 heteroatoms. The van der Waals surface area contributed by atoms with Gasteiger partial charge in [0.05, 0.1) is 6.54 Å². The SMILES string of the molecule is CC(NC(=O)NCC(C)(O)c1ccsc1)C(C)c1ccccc1. The van der Waals surface area contributed by atoms with Gasteiger partial charge < -0.3 is 15.7 Å². The summed E-state index contributed by atoms with van der Waals surface area (Å²) in [6.45, 7) is 5.93. The molecule has 0 aliphatic heterocycles. The minimum Gasteiger partial charge on any atom is -0.384 e.